The zero-order chi connectivity index (χ0) is 23.9. The van der Waals surface area contributed by atoms with Gasteiger partial charge in [0.1, 0.15) is 5.39 Å². The number of aryl methyl sites for hydroxylation is 1. The van der Waals surface area contributed by atoms with Gasteiger partial charge in [0.25, 0.3) is 5.56 Å². The second-order valence-corrected chi connectivity index (χ2v) is 9.80. The van der Waals surface area contributed by atoms with Crippen LogP contribution in [0.3, 0.4) is 0 Å². The van der Waals surface area contributed by atoms with Crippen molar-refractivity contribution >= 4 is 22.7 Å². The number of nitrogens with one attached hydrogen (secondary N) is 2. The van der Waals surface area contributed by atoms with Gasteiger partial charge in [0.2, 0.25) is 5.95 Å². The van der Waals surface area contributed by atoms with Crippen molar-refractivity contribution in [3.8, 4) is 5.69 Å². The molecule has 3 aromatic heterocycles. The quantitative estimate of drug-likeness (QED) is 0.480. The van der Waals surface area contributed by atoms with Gasteiger partial charge in [0, 0.05) is 42.3 Å². The molecule has 0 saturated carbocycles. The van der Waals surface area contributed by atoms with Crippen LogP contribution < -0.4 is 16.2 Å². The summed E-state index contributed by atoms with van der Waals surface area (Å²) in [5.74, 6) is 0.459. The Morgan fingerprint density at radius 1 is 1.12 bits per heavy atom. The molecule has 34 heavy (non-hydrogen) atoms. The molecule has 1 aromatic carbocycles. The maximum absolute atomic E-state index is 13.1. The summed E-state index contributed by atoms with van der Waals surface area (Å²) in [6.07, 6.45) is 5.64. The molecular formula is C26H31N7O. The molecule has 1 aliphatic rings. The lowest BCUT2D eigenvalue weighted by Gasteiger charge is -2.19. The maximum Gasteiger partial charge on any atom is 0.278 e. The molecule has 4 aromatic rings. The SMILES string of the molecule is CCn1c(=O)c2cnc(Nc3ccc4c(c3)CNCCC4)nc2n1-c1ccnc(C(C)(C)C)c1. The van der Waals surface area contributed by atoms with E-state index in [1.165, 1.54) is 11.1 Å². The van der Waals surface area contributed by atoms with E-state index in [-0.39, 0.29) is 11.0 Å². The summed E-state index contributed by atoms with van der Waals surface area (Å²) in [5, 5.41) is 7.30. The van der Waals surface area contributed by atoms with Crippen molar-refractivity contribution in [1.82, 2.24) is 29.6 Å². The largest absolute Gasteiger partial charge is 0.324 e. The molecule has 0 fully saturated rings. The Bertz CT molecular complexity index is 1410. The number of anilines is 2. The number of fused-ring (bicyclic) bond motifs is 2. The Balaban J connectivity index is 1.59. The van der Waals surface area contributed by atoms with Gasteiger partial charge in [-0.05, 0) is 61.7 Å². The molecule has 0 radical (unpaired) electrons. The Morgan fingerprint density at radius 2 is 1.97 bits per heavy atom. The van der Waals surface area contributed by atoms with Crippen LogP contribution >= 0.6 is 0 Å². The van der Waals surface area contributed by atoms with E-state index >= 15 is 0 Å². The van der Waals surface area contributed by atoms with E-state index in [1.54, 1.807) is 17.1 Å². The summed E-state index contributed by atoms with van der Waals surface area (Å²) in [5.41, 5.74) is 5.78. The summed E-state index contributed by atoms with van der Waals surface area (Å²) in [6.45, 7) is 10.7. The highest BCUT2D eigenvalue weighted by molar-refractivity contribution is 5.77. The third kappa shape index (κ3) is 4.09. The van der Waals surface area contributed by atoms with Crippen LogP contribution in [0.5, 0.6) is 0 Å². The van der Waals surface area contributed by atoms with E-state index in [0.29, 0.717) is 23.5 Å². The van der Waals surface area contributed by atoms with Crippen molar-refractivity contribution in [2.45, 2.75) is 59.0 Å². The van der Waals surface area contributed by atoms with E-state index in [1.807, 2.05) is 23.7 Å². The van der Waals surface area contributed by atoms with Gasteiger partial charge in [-0.3, -0.25) is 9.78 Å². The number of benzene rings is 1. The van der Waals surface area contributed by atoms with Gasteiger partial charge in [-0.2, -0.15) is 4.98 Å². The smallest absolute Gasteiger partial charge is 0.278 e. The van der Waals surface area contributed by atoms with Crippen molar-refractivity contribution in [2.24, 2.45) is 0 Å². The van der Waals surface area contributed by atoms with Crippen molar-refractivity contribution in [2.75, 3.05) is 11.9 Å². The van der Waals surface area contributed by atoms with Gasteiger partial charge >= 0.3 is 0 Å². The molecule has 0 unspecified atom stereocenters. The van der Waals surface area contributed by atoms with Crippen molar-refractivity contribution in [3.05, 3.63) is 69.9 Å². The van der Waals surface area contributed by atoms with Gasteiger partial charge < -0.3 is 10.6 Å². The average Bonchev–Trinajstić information content (AvgIpc) is 2.95. The van der Waals surface area contributed by atoms with Crippen LogP contribution in [0.15, 0.2) is 47.5 Å². The second-order valence-electron chi connectivity index (χ2n) is 9.80. The first kappa shape index (κ1) is 22.3. The van der Waals surface area contributed by atoms with Crippen LogP contribution in [0, 0.1) is 0 Å². The normalized spacial score (nSPS) is 14.1. The lowest BCUT2D eigenvalue weighted by molar-refractivity contribution is 0.557. The molecule has 176 valence electrons. The van der Waals surface area contributed by atoms with Crippen molar-refractivity contribution < 1.29 is 0 Å². The van der Waals surface area contributed by atoms with Crippen molar-refractivity contribution in [3.63, 3.8) is 0 Å². The van der Waals surface area contributed by atoms with Crippen molar-refractivity contribution in [1.29, 1.82) is 0 Å². The monoisotopic (exact) mass is 457 g/mol. The minimum absolute atomic E-state index is 0.103. The fraction of sp³-hybridized carbons (Fsp3) is 0.385. The number of nitrogens with zero attached hydrogens (tertiary/aromatic N) is 5. The van der Waals surface area contributed by atoms with E-state index in [0.717, 1.165) is 43.0 Å². The Kier molecular flexibility index (Phi) is 5.69. The molecule has 8 nitrogen and oxygen atoms in total. The van der Waals surface area contributed by atoms with Crippen LogP contribution in [0.4, 0.5) is 11.6 Å². The first-order chi connectivity index (χ1) is 16.3. The van der Waals surface area contributed by atoms with E-state index in [9.17, 15) is 4.79 Å². The predicted octanol–water partition coefficient (Wildman–Crippen LogP) is 4.07. The number of hydrogen-bond acceptors (Lipinski definition) is 6. The number of rotatable bonds is 4. The highest BCUT2D eigenvalue weighted by Gasteiger charge is 2.20. The zero-order valence-electron chi connectivity index (χ0n) is 20.2. The van der Waals surface area contributed by atoms with Gasteiger partial charge in [-0.15, -0.1) is 0 Å². The topological polar surface area (TPSA) is 89.7 Å². The third-order valence-electron chi connectivity index (χ3n) is 6.31. The van der Waals surface area contributed by atoms with E-state index in [4.69, 9.17) is 4.98 Å². The molecule has 1 aliphatic heterocycles. The molecule has 8 heteroatoms. The zero-order valence-corrected chi connectivity index (χ0v) is 20.2. The van der Waals surface area contributed by atoms with Gasteiger partial charge in [-0.1, -0.05) is 26.8 Å². The van der Waals surface area contributed by atoms with Gasteiger partial charge in [-0.25, -0.2) is 14.3 Å². The fourth-order valence-corrected chi connectivity index (χ4v) is 4.47. The van der Waals surface area contributed by atoms with Crippen LogP contribution in [0.2, 0.25) is 0 Å². The molecule has 0 amide bonds. The first-order valence-corrected chi connectivity index (χ1v) is 11.9. The van der Waals surface area contributed by atoms with Crippen LogP contribution in [0.1, 0.15) is 50.9 Å². The average molecular weight is 458 g/mol. The summed E-state index contributed by atoms with van der Waals surface area (Å²) in [4.78, 5) is 26.9. The number of aromatic nitrogens is 5. The summed E-state index contributed by atoms with van der Waals surface area (Å²) < 4.78 is 3.57. The minimum Gasteiger partial charge on any atom is -0.324 e. The number of hydrogen-bond donors (Lipinski definition) is 2. The molecule has 0 aliphatic carbocycles. The molecular weight excluding hydrogens is 426 g/mol. The standard InChI is InChI=1S/C26H31N7O/c1-5-32-24(34)21-16-29-25(30-19-9-8-17-7-6-11-27-15-18(17)13-19)31-23(21)33(32)20-10-12-28-22(14-20)26(2,3)4/h8-10,12-14,16,27H,5-7,11,15H2,1-4H3,(H,29,30,31). The Morgan fingerprint density at radius 3 is 2.76 bits per heavy atom. The fourth-order valence-electron chi connectivity index (χ4n) is 4.47. The molecule has 2 N–H and O–H groups in total. The second kappa shape index (κ2) is 8.68. The Hall–Kier alpha value is -3.52. The third-order valence-corrected chi connectivity index (χ3v) is 6.31. The molecule has 0 spiro atoms. The summed E-state index contributed by atoms with van der Waals surface area (Å²) >= 11 is 0. The molecule has 0 bridgehead atoms. The Labute approximate surface area is 199 Å². The summed E-state index contributed by atoms with van der Waals surface area (Å²) in [6, 6.07) is 10.3. The van der Waals surface area contributed by atoms with Gasteiger partial charge in [0.15, 0.2) is 5.65 Å². The minimum atomic E-state index is -0.113. The first-order valence-electron chi connectivity index (χ1n) is 11.9. The van der Waals surface area contributed by atoms with Crippen LogP contribution in [-0.2, 0) is 24.9 Å². The highest BCUT2D eigenvalue weighted by atomic mass is 16.1. The van der Waals surface area contributed by atoms with E-state index in [2.05, 4.69) is 59.6 Å². The lowest BCUT2D eigenvalue weighted by Crippen LogP contribution is -2.22. The molecule has 0 saturated heterocycles. The molecule has 5 rings (SSSR count). The molecule has 0 atom stereocenters. The highest BCUT2D eigenvalue weighted by Crippen LogP contribution is 2.25. The molecule has 4 heterocycles. The summed E-state index contributed by atoms with van der Waals surface area (Å²) in [7, 11) is 0. The number of pyridine rings is 1. The van der Waals surface area contributed by atoms with Crippen LogP contribution in [0.25, 0.3) is 16.7 Å². The van der Waals surface area contributed by atoms with Crippen LogP contribution in [-0.4, -0.2) is 30.9 Å². The predicted molar refractivity (Wildman–Crippen MR) is 135 cm³/mol. The van der Waals surface area contributed by atoms with Gasteiger partial charge in [0.05, 0.1) is 5.69 Å². The maximum atomic E-state index is 13.1. The lowest BCUT2D eigenvalue weighted by atomic mass is 9.91. The van der Waals surface area contributed by atoms with E-state index < -0.39 is 0 Å².